The molecule has 0 amide bonds. The summed E-state index contributed by atoms with van der Waals surface area (Å²) in [6, 6.07) is 14.2. The van der Waals surface area contributed by atoms with E-state index in [9.17, 15) is 0 Å². The molecule has 4 rings (SSSR count). The van der Waals surface area contributed by atoms with Gasteiger partial charge in [-0.25, -0.2) is 0 Å². The number of nitrogens with zero attached hydrogens (tertiary/aromatic N) is 1. The average Bonchev–Trinajstić information content (AvgIpc) is 3.03. The van der Waals surface area contributed by atoms with Crippen molar-refractivity contribution in [3.63, 3.8) is 0 Å². The number of benzene rings is 1. The van der Waals surface area contributed by atoms with Gasteiger partial charge in [0, 0.05) is 34.2 Å². The Labute approximate surface area is 129 Å². The van der Waals surface area contributed by atoms with Crippen molar-refractivity contribution < 1.29 is 0 Å². The summed E-state index contributed by atoms with van der Waals surface area (Å²) in [5, 5.41) is 2.94. The molecule has 0 spiro atoms. The second-order valence-electron chi connectivity index (χ2n) is 5.79. The van der Waals surface area contributed by atoms with E-state index in [1.54, 1.807) is 5.56 Å². The fourth-order valence-electron chi connectivity index (χ4n) is 3.00. The lowest BCUT2D eigenvalue weighted by Crippen LogP contribution is -2.32. The number of hydrogen-bond acceptors (Lipinski definition) is 3. The van der Waals surface area contributed by atoms with Crippen molar-refractivity contribution in [1.82, 2.24) is 4.90 Å². The predicted molar refractivity (Wildman–Crippen MR) is 87.5 cm³/mol. The molecule has 1 aliphatic carbocycles. The standard InChI is InChI=1S/C17H19NS2/c1-2-6-17-13(4-1)10-16(20-17)12-18(14-7-8-14)11-15-5-3-9-19-15/h1-6,9,14,16H,7-8,10-12H2. The van der Waals surface area contributed by atoms with Crippen LogP contribution in [-0.4, -0.2) is 22.7 Å². The molecule has 1 aromatic heterocycles. The van der Waals surface area contributed by atoms with Gasteiger partial charge in [-0.2, -0.15) is 0 Å². The highest BCUT2D eigenvalue weighted by Crippen LogP contribution is 2.39. The molecule has 1 saturated carbocycles. The molecule has 1 nitrogen and oxygen atoms in total. The summed E-state index contributed by atoms with van der Waals surface area (Å²) in [6.45, 7) is 2.39. The normalized spacial score (nSPS) is 21.4. The third kappa shape index (κ3) is 2.80. The van der Waals surface area contributed by atoms with E-state index in [2.05, 4.69) is 58.4 Å². The van der Waals surface area contributed by atoms with E-state index in [4.69, 9.17) is 0 Å². The zero-order chi connectivity index (χ0) is 13.4. The fourth-order valence-corrected chi connectivity index (χ4v) is 5.08. The monoisotopic (exact) mass is 301 g/mol. The summed E-state index contributed by atoms with van der Waals surface area (Å²) in [5.74, 6) is 0. The van der Waals surface area contributed by atoms with Gasteiger partial charge in [0.25, 0.3) is 0 Å². The van der Waals surface area contributed by atoms with Crippen molar-refractivity contribution in [2.75, 3.05) is 6.54 Å². The Kier molecular flexibility index (Phi) is 3.59. The van der Waals surface area contributed by atoms with E-state index < -0.39 is 0 Å². The first-order valence-electron chi connectivity index (χ1n) is 7.39. The van der Waals surface area contributed by atoms with Crippen LogP contribution in [0.2, 0.25) is 0 Å². The number of fused-ring (bicyclic) bond motifs is 1. The van der Waals surface area contributed by atoms with Gasteiger partial charge in [0.05, 0.1) is 0 Å². The Morgan fingerprint density at radius 2 is 2.00 bits per heavy atom. The SMILES string of the molecule is c1csc(CN(CC2Cc3ccccc3S2)C2CC2)c1. The smallest absolute Gasteiger partial charge is 0.0331 e. The molecule has 20 heavy (non-hydrogen) atoms. The van der Waals surface area contributed by atoms with Crippen LogP contribution >= 0.6 is 23.1 Å². The fraction of sp³-hybridized carbons (Fsp3) is 0.412. The maximum Gasteiger partial charge on any atom is 0.0331 e. The van der Waals surface area contributed by atoms with E-state index in [-0.39, 0.29) is 0 Å². The van der Waals surface area contributed by atoms with E-state index in [0.29, 0.717) is 0 Å². The highest BCUT2D eigenvalue weighted by atomic mass is 32.2. The predicted octanol–water partition coefficient (Wildman–Crippen LogP) is 4.43. The van der Waals surface area contributed by atoms with Crippen molar-refractivity contribution in [3.05, 3.63) is 52.2 Å². The largest absolute Gasteiger partial charge is 0.294 e. The summed E-state index contributed by atoms with van der Waals surface area (Å²) in [4.78, 5) is 5.73. The number of rotatable bonds is 5. The van der Waals surface area contributed by atoms with Crippen LogP contribution in [0.25, 0.3) is 0 Å². The van der Waals surface area contributed by atoms with Crippen molar-refractivity contribution in [2.24, 2.45) is 0 Å². The average molecular weight is 301 g/mol. The molecule has 2 heterocycles. The van der Waals surface area contributed by atoms with E-state index in [0.717, 1.165) is 17.8 Å². The van der Waals surface area contributed by atoms with Gasteiger partial charge in [0.2, 0.25) is 0 Å². The molecule has 1 unspecified atom stereocenters. The minimum atomic E-state index is 0.743. The zero-order valence-corrected chi connectivity index (χ0v) is 13.1. The first kappa shape index (κ1) is 12.9. The molecule has 2 aliphatic rings. The van der Waals surface area contributed by atoms with Gasteiger partial charge in [-0.3, -0.25) is 4.90 Å². The van der Waals surface area contributed by atoms with Crippen LogP contribution in [-0.2, 0) is 13.0 Å². The number of thiophene rings is 1. The zero-order valence-electron chi connectivity index (χ0n) is 11.5. The minimum absolute atomic E-state index is 0.743. The highest BCUT2D eigenvalue weighted by Gasteiger charge is 2.32. The Morgan fingerprint density at radius 3 is 2.75 bits per heavy atom. The second-order valence-corrected chi connectivity index (χ2v) is 8.17. The molecule has 3 heteroatoms. The van der Waals surface area contributed by atoms with Gasteiger partial charge in [-0.05, 0) is 42.3 Å². The lowest BCUT2D eigenvalue weighted by Gasteiger charge is -2.24. The quantitative estimate of drug-likeness (QED) is 0.804. The van der Waals surface area contributed by atoms with Crippen LogP contribution in [0, 0.1) is 0 Å². The lowest BCUT2D eigenvalue weighted by molar-refractivity contribution is 0.258. The van der Waals surface area contributed by atoms with E-state index in [1.807, 2.05) is 11.3 Å². The first-order valence-corrected chi connectivity index (χ1v) is 9.15. The third-order valence-corrected chi connectivity index (χ3v) is 6.32. The van der Waals surface area contributed by atoms with E-state index >= 15 is 0 Å². The van der Waals surface area contributed by atoms with Crippen molar-refractivity contribution in [2.45, 2.75) is 42.0 Å². The molecule has 1 atom stereocenters. The van der Waals surface area contributed by atoms with Crippen LogP contribution < -0.4 is 0 Å². The molecular weight excluding hydrogens is 282 g/mol. The van der Waals surface area contributed by atoms with Gasteiger partial charge in [-0.15, -0.1) is 23.1 Å². The second kappa shape index (κ2) is 5.55. The van der Waals surface area contributed by atoms with Crippen molar-refractivity contribution in [1.29, 1.82) is 0 Å². The summed E-state index contributed by atoms with van der Waals surface area (Å²) < 4.78 is 0. The summed E-state index contributed by atoms with van der Waals surface area (Å²) in [7, 11) is 0. The molecule has 0 radical (unpaired) electrons. The summed E-state index contributed by atoms with van der Waals surface area (Å²) in [5.41, 5.74) is 1.55. The highest BCUT2D eigenvalue weighted by molar-refractivity contribution is 8.00. The summed E-state index contributed by atoms with van der Waals surface area (Å²) in [6.07, 6.45) is 4.04. The first-order chi connectivity index (χ1) is 9.88. The minimum Gasteiger partial charge on any atom is -0.294 e. The molecule has 1 aliphatic heterocycles. The maximum absolute atomic E-state index is 2.72. The Balaban J connectivity index is 1.42. The van der Waals surface area contributed by atoms with Crippen molar-refractivity contribution >= 4 is 23.1 Å². The molecule has 0 N–H and O–H groups in total. The third-order valence-electron chi connectivity index (χ3n) is 4.15. The molecular formula is C17H19NS2. The Bertz CT molecular complexity index is 549. The van der Waals surface area contributed by atoms with Crippen LogP contribution in [0.5, 0.6) is 0 Å². The molecule has 0 saturated heterocycles. The van der Waals surface area contributed by atoms with Gasteiger partial charge in [0.15, 0.2) is 0 Å². The van der Waals surface area contributed by atoms with Gasteiger partial charge < -0.3 is 0 Å². The van der Waals surface area contributed by atoms with Gasteiger partial charge in [-0.1, -0.05) is 24.3 Å². The summed E-state index contributed by atoms with van der Waals surface area (Å²) >= 11 is 3.98. The van der Waals surface area contributed by atoms with E-state index in [1.165, 1.54) is 35.6 Å². The molecule has 104 valence electrons. The van der Waals surface area contributed by atoms with Crippen LogP contribution in [0.4, 0.5) is 0 Å². The molecule has 0 bridgehead atoms. The Morgan fingerprint density at radius 1 is 1.10 bits per heavy atom. The van der Waals surface area contributed by atoms with Gasteiger partial charge >= 0.3 is 0 Å². The van der Waals surface area contributed by atoms with Crippen LogP contribution in [0.15, 0.2) is 46.7 Å². The topological polar surface area (TPSA) is 3.24 Å². The number of hydrogen-bond donors (Lipinski definition) is 0. The van der Waals surface area contributed by atoms with Crippen LogP contribution in [0.3, 0.4) is 0 Å². The molecule has 1 fully saturated rings. The molecule has 2 aromatic rings. The molecule has 1 aromatic carbocycles. The Hall–Kier alpha value is -0.770. The number of thioether (sulfide) groups is 1. The van der Waals surface area contributed by atoms with Gasteiger partial charge in [0.1, 0.15) is 0 Å². The lowest BCUT2D eigenvalue weighted by atomic mass is 10.1. The maximum atomic E-state index is 2.72. The van der Waals surface area contributed by atoms with Crippen molar-refractivity contribution in [3.8, 4) is 0 Å². The van der Waals surface area contributed by atoms with Crippen LogP contribution in [0.1, 0.15) is 23.3 Å².